The van der Waals surface area contributed by atoms with Crippen molar-refractivity contribution < 1.29 is 9.47 Å². The van der Waals surface area contributed by atoms with Crippen molar-refractivity contribution in [2.24, 2.45) is 0 Å². The smallest absolute Gasteiger partial charge is 0.133 e. The summed E-state index contributed by atoms with van der Waals surface area (Å²) in [6.45, 7) is 1.58. The van der Waals surface area contributed by atoms with Crippen LogP contribution in [0.4, 0.5) is 0 Å². The SMILES string of the molecule is Clc1ccc(OCCC2CCCO2)c(Br)c1. The van der Waals surface area contributed by atoms with Gasteiger partial charge in [-0.05, 0) is 47.0 Å². The van der Waals surface area contributed by atoms with Gasteiger partial charge in [-0.25, -0.2) is 0 Å². The first kappa shape index (κ1) is 12.2. The average molecular weight is 306 g/mol. The Kier molecular flexibility index (Phi) is 4.50. The standard InChI is InChI=1S/C12H14BrClO2/c13-11-8-9(14)3-4-12(11)16-7-5-10-2-1-6-15-10/h3-4,8,10H,1-2,5-7H2. The monoisotopic (exact) mass is 304 g/mol. The fourth-order valence-electron chi connectivity index (χ4n) is 1.76. The van der Waals surface area contributed by atoms with E-state index >= 15 is 0 Å². The topological polar surface area (TPSA) is 18.5 Å². The molecule has 1 aromatic rings. The van der Waals surface area contributed by atoms with Crippen LogP contribution in [0.2, 0.25) is 5.02 Å². The summed E-state index contributed by atoms with van der Waals surface area (Å²) >= 11 is 9.27. The second-order valence-corrected chi connectivity index (χ2v) is 5.14. The summed E-state index contributed by atoms with van der Waals surface area (Å²) in [7, 11) is 0. The minimum absolute atomic E-state index is 0.381. The fourth-order valence-corrected chi connectivity index (χ4v) is 2.56. The van der Waals surface area contributed by atoms with E-state index in [2.05, 4.69) is 15.9 Å². The Balaban J connectivity index is 1.80. The Morgan fingerprint density at radius 1 is 1.50 bits per heavy atom. The number of hydrogen-bond acceptors (Lipinski definition) is 2. The van der Waals surface area contributed by atoms with Gasteiger partial charge in [0.15, 0.2) is 0 Å². The van der Waals surface area contributed by atoms with Crippen LogP contribution in [0.15, 0.2) is 22.7 Å². The van der Waals surface area contributed by atoms with Gasteiger partial charge in [0.2, 0.25) is 0 Å². The van der Waals surface area contributed by atoms with Crippen LogP contribution >= 0.6 is 27.5 Å². The van der Waals surface area contributed by atoms with Crippen LogP contribution in [0.1, 0.15) is 19.3 Å². The zero-order valence-corrected chi connectivity index (χ0v) is 11.3. The van der Waals surface area contributed by atoms with Crippen molar-refractivity contribution in [1.29, 1.82) is 0 Å². The molecule has 0 saturated carbocycles. The Hall–Kier alpha value is -0.250. The van der Waals surface area contributed by atoms with Crippen LogP contribution in [0.25, 0.3) is 0 Å². The normalized spacial score (nSPS) is 20.0. The number of rotatable bonds is 4. The van der Waals surface area contributed by atoms with E-state index < -0.39 is 0 Å². The number of ether oxygens (including phenoxy) is 2. The van der Waals surface area contributed by atoms with Crippen LogP contribution in [-0.2, 0) is 4.74 Å². The second-order valence-electron chi connectivity index (χ2n) is 3.85. The van der Waals surface area contributed by atoms with Gasteiger partial charge in [0.1, 0.15) is 5.75 Å². The summed E-state index contributed by atoms with van der Waals surface area (Å²) in [5.74, 6) is 0.836. The van der Waals surface area contributed by atoms with E-state index in [0.29, 0.717) is 17.7 Å². The molecule has 2 rings (SSSR count). The first-order chi connectivity index (χ1) is 7.75. The highest BCUT2D eigenvalue weighted by molar-refractivity contribution is 9.10. The minimum Gasteiger partial charge on any atom is -0.492 e. The van der Waals surface area contributed by atoms with Gasteiger partial charge in [-0.15, -0.1) is 0 Å². The zero-order chi connectivity index (χ0) is 11.4. The number of benzene rings is 1. The predicted molar refractivity (Wildman–Crippen MR) is 68.2 cm³/mol. The summed E-state index contributed by atoms with van der Waals surface area (Å²) < 4.78 is 12.1. The van der Waals surface area contributed by atoms with Gasteiger partial charge in [-0.2, -0.15) is 0 Å². The highest BCUT2D eigenvalue weighted by Gasteiger charge is 2.15. The molecule has 88 valence electrons. The van der Waals surface area contributed by atoms with Crippen LogP contribution in [0.3, 0.4) is 0 Å². The maximum Gasteiger partial charge on any atom is 0.133 e. The number of halogens is 2. The van der Waals surface area contributed by atoms with E-state index in [1.54, 1.807) is 0 Å². The third-order valence-corrected chi connectivity index (χ3v) is 3.47. The van der Waals surface area contributed by atoms with Gasteiger partial charge in [0, 0.05) is 18.1 Å². The summed E-state index contributed by atoms with van der Waals surface area (Å²) in [4.78, 5) is 0. The first-order valence-corrected chi connectivity index (χ1v) is 6.62. The van der Waals surface area contributed by atoms with Crippen molar-refractivity contribution in [2.75, 3.05) is 13.2 Å². The Morgan fingerprint density at radius 3 is 3.06 bits per heavy atom. The number of hydrogen-bond donors (Lipinski definition) is 0. The van der Waals surface area contributed by atoms with E-state index in [4.69, 9.17) is 21.1 Å². The quantitative estimate of drug-likeness (QED) is 0.835. The largest absolute Gasteiger partial charge is 0.492 e. The van der Waals surface area contributed by atoms with Crippen LogP contribution in [0.5, 0.6) is 5.75 Å². The second kappa shape index (κ2) is 5.89. The lowest BCUT2D eigenvalue weighted by Crippen LogP contribution is -2.10. The molecule has 1 aliphatic heterocycles. The first-order valence-electron chi connectivity index (χ1n) is 5.45. The summed E-state index contributed by atoms with van der Waals surface area (Å²) in [6.07, 6.45) is 3.67. The zero-order valence-electron chi connectivity index (χ0n) is 8.92. The molecule has 0 aliphatic carbocycles. The van der Waals surface area contributed by atoms with Gasteiger partial charge in [0.05, 0.1) is 17.2 Å². The highest BCUT2D eigenvalue weighted by Crippen LogP contribution is 2.28. The van der Waals surface area contributed by atoms with Crippen molar-refractivity contribution in [3.63, 3.8) is 0 Å². The van der Waals surface area contributed by atoms with E-state index in [0.717, 1.165) is 29.7 Å². The van der Waals surface area contributed by atoms with Gasteiger partial charge in [-0.3, -0.25) is 0 Å². The molecule has 2 nitrogen and oxygen atoms in total. The molecule has 1 heterocycles. The Morgan fingerprint density at radius 2 is 2.38 bits per heavy atom. The van der Waals surface area contributed by atoms with Gasteiger partial charge in [0.25, 0.3) is 0 Å². The summed E-state index contributed by atoms with van der Waals surface area (Å²) in [5, 5.41) is 0.707. The molecule has 16 heavy (non-hydrogen) atoms. The van der Waals surface area contributed by atoms with Crippen molar-refractivity contribution in [2.45, 2.75) is 25.4 Å². The molecule has 1 aliphatic rings. The van der Waals surface area contributed by atoms with E-state index in [-0.39, 0.29) is 0 Å². The highest BCUT2D eigenvalue weighted by atomic mass is 79.9. The van der Waals surface area contributed by atoms with Crippen LogP contribution in [0, 0.1) is 0 Å². The van der Waals surface area contributed by atoms with E-state index in [9.17, 15) is 0 Å². The molecule has 0 bridgehead atoms. The van der Waals surface area contributed by atoms with Gasteiger partial charge in [-0.1, -0.05) is 11.6 Å². The van der Waals surface area contributed by atoms with Crippen molar-refractivity contribution in [3.8, 4) is 5.75 Å². The molecule has 1 atom stereocenters. The third kappa shape index (κ3) is 3.37. The van der Waals surface area contributed by atoms with Gasteiger partial charge < -0.3 is 9.47 Å². The van der Waals surface area contributed by atoms with Crippen molar-refractivity contribution in [1.82, 2.24) is 0 Å². The molecule has 0 amide bonds. The molecule has 1 saturated heterocycles. The molecule has 4 heteroatoms. The van der Waals surface area contributed by atoms with Crippen molar-refractivity contribution in [3.05, 3.63) is 27.7 Å². The molecular formula is C12H14BrClO2. The van der Waals surface area contributed by atoms with Gasteiger partial charge >= 0.3 is 0 Å². The van der Waals surface area contributed by atoms with E-state index in [1.807, 2.05) is 18.2 Å². The maximum absolute atomic E-state index is 5.85. The molecule has 0 N–H and O–H groups in total. The lowest BCUT2D eigenvalue weighted by Gasteiger charge is -2.11. The molecule has 1 unspecified atom stereocenters. The third-order valence-electron chi connectivity index (χ3n) is 2.62. The lowest BCUT2D eigenvalue weighted by atomic mass is 10.2. The summed E-state index contributed by atoms with van der Waals surface area (Å²) in [5.41, 5.74) is 0. The molecule has 0 spiro atoms. The molecule has 1 aromatic carbocycles. The Bertz CT molecular complexity index is 351. The maximum atomic E-state index is 5.85. The summed E-state index contributed by atoms with van der Waals surface area (Å²) in [6, 6.07) is 5.54. The molecule has 1 fully saturated rings. The fraction of sp³-hybridized carbons (Fsp3) is 0.500. The molecule has 0 radical (unpaired) electrons. The van der Waals surface area contributed by atoms with Crippen molar-refractivity contribution >= 4 is 27.5 Å². The average Bonchev–Trinajstić information content (AvgIpc) is 2.74. The minimum atomic E-state index is 0.381. The van der Waals surface area contributed by atoms with Crippen LogP contribution < -0.4 is 4.74 Å². The molecular weight excluding hydrogens is 291 g/mol. The predicted octanol–water partition coefficient (Wildman–Crippen LogP) is 4.05. The van der Waals surface area contributed by atoms with Crippen LogP contribution in [-0.4, -0.2) is 19.3 Å². The molecule has 0 aromatic heterocycles. The van der Waals surface area contributed by atoms with E-state index in [1.165, 1.54) is 6.42 Å². The lowest BCUT2D eigenvalue weighted by molar-refractivity contribution is 0.0902. The Labute approximate surface area is 109 Å².